The number of nitrogens with zero attached hydrogens (tertiary/aromatic N) is 1. The van der Waals surface area contributed by atoms with Gasteiger partial charge in [0.1, 0.15) is 6.10 Å². The molecule has 0 fully saturated rings. The summed E-state index contributed by atoms with van der Waals surface area (Å²) in [7, 11) is 0. The van der Waals surface area contributed by atoms with Gasteiger partial charge < -0.3 is 15.3 Å². The predicted octanol–water partition coefficient (Wildman–Crippen LogP) is 0.167. The van der Waals surface area contributed by atoms with Crippen molar-refractivity contribution in [2.24, 2.45) is 0 Å². The molecule has 1 heterocycles. The van der Waals surface area contributed by atoms with E-state index in [1.165, 1.54) is 0 Å². The SMILES string of the molecule is Cc1cccnc1C(O)C(O)CCO. The molecule has 3 N–H and O–H groups in total. The van der Waals surface area contributed by atoms with E-state index in [-0.39, 0.29) is 13.0 Å². The Morgan fingerprint density at radius 1 is 1.43 bits per heavy atom. The van der Waals surface area contributed by atoms with Crippen molar-refractivity contribution in [1.82, 2.24) is 4.98 Å². The number of hydrogen-bond donors (Lipinski definition) is 3. The van der Waals surface area contributed by atoms with Gasteiger partial charge >= 0.3 is 0 Å². The van der Waals surface area contributed by atoms with Crippen molar-refractivity contribution >= 4 is 0 Å². The molecule has 0 aromatic carbocycles. The fraction of sp³-hybridized carbons (Fsp3) is 0.500. The topological polar surface area (TPSA) is 73.6 Å². The molecule has 0 aliphatic carbocycles. The van der Waals surface area contributed by atoms with Gasteiger partial charge in [0.15, 0.2) is 0 Å². The van der Waals surface area contributed by atoms with E-state index in [9.17, 15) is 10.2 Å². The zero-order valence-electron chi connectivity index (χ0n) is 8.09. The van der Waals surface area contributed by atoms with Crippen molar-refractivity contribution in [3.63, 3.8) is 0 Å². The van der Waals surface area contributed by atoms with Crippen LogP contribution in [0, 0.1) is 6.92 Å². The lowest BCUT2D eigenvalue weighted by Crippen LogP contribution is -2.21. The van der Waals surface area contributed by atoms with Crippen molar-refractivity contribution in [3.8, 4) is 0 Å². The lowest BCUT2D eigenvalue weighted by molar-refractivity contribution is 0.00155. The largest absolute Gasteiger partial charge is 0.396 e. The summed E-state index contributed by atoms with van der Waals surface area (Å²) in [4.78, 5) is 3.99. The zero-order chi connectivity index (χ0) is 10.6. The van der Waals surface area contributed by atoms with Gasteiger partial charge in [0, 0.05) is 12.8 Å². The molecule has 0 spiro atoms. The summed E-state index contributed by atoms with van der Waals surface area (Å²) < 4.78 is 0. The molecular weight excluding hydrogens is 182 g/mol. The number of aliphatic hydroxyl groups excluding tert-OH is 3. The van der Waals surface area contributed by atoms with Crippen LogP contribution in [0.5, 0.6) is 0 Å². The maximum atomic E-state index is 9.68. The molecule has 0 bridgehead atoms. The summed E-state index contributed by atoms with van der Waals surface area (Å²) in [6.07, 6.45) is -0.272. The molecule has 2 unspecified atom stereocenters. The standard InChI is InChI=1S/C10H15NO3/c1-7-3-2-5-11-9(7)10(14)8(13)4-6-12/h2-3,5,8,10,12-14H,4,6H2,1H3. The maximum absolute atomic E-state index is 9.68. The third kappa shape index (κ3) is 2.51. The van der Waals surface area contributed by atoms with Crippen molar-refractivity contribution in [2.45, 2.75) is 25.6 Å². The zero-order valence-corrected chi connectivity index (χ0v) is 8.09. The first-order chi connectivity index (χ1) is 6.66. The van der Waals surface area contributed by atoms with Crippen LogP contribution < -0.4 is 0 Å². The smallest absolute Gasteiger partial charge is 0.122 e. The van der Waals surface area contributed by atoms with Gasteiger partial charge in [0.05, 0.1) is 11.8 Å². The fourth-order valence-corrected chi connectivity index (χ4v) is 1.28. The third-order valence-corrected chi connectivity index (χ3v) is 2.12. The lowest BCUT2D eigenvalue weighted by Gasteiger charge is -2.17. The van der Waals surface area contributed by atoms with E-state index in [1.807, 2.05) is 13.0 Å². The molecule has 14 heavy (non-hydrogen) atoms. The fourth-order valence-electron chi connectivity index (χ4n) is 1.28. The molecular formula is C10H15NO3. The third-order valence-electron chi connectivity index (χ3n) is 2.12. The summed E-state index contributed by atoms with van der Waals surface area (Å²) in [6.45, 7) is 1.67. The van der Waals surface area contributed by atoms with Crippen molar-refractivity contribution in [1.29, 1.82) is 0 Å². The first-order valence-electron chi connectivity index (χ1n) is 4.55. The minimum Gasteiger partial charge on any atom is -0.396 e. The highest BCUT2D eigenvalue weighted by molar-refractivity contribution is 5.20. The van der Waals surface area contributed by atoms with Crippen LogP contribution in [0.25, 0.3) is 0 Å². The predicted molar refractivity (Wildman–Crippen MR) is 51.6 cm³/mol. The summed E-state index contributed by atoms with van der Waals surface area (Å²) in [6, 6.07) is 3.58. The van der Waals surface area contributed by atoms with Crippen LogP contribution in [0.3, 0.4) is 0 Å². The van der Waals surface area contributed by atoms with Crippen LogP contribution in [0.4, 0.5) is 0 Å². The highest BCUT2D eigenvalue weighted by Crippen LogP contribution is 2.19. The minimum absolute atomic E-state index is 0.149. The highest BCUT2D eigenvalue weighted by Gasteiger charge is 2.20. The molecule has 1 aromatic rings. The molecule has 1 rings (SSSR count). The second-order valence-corrected chi connectivity index (χ2v) is 3.23. The minimum atomic E-state index is -1.02. The quantitative estimate of drug-likeness (QED) is 0.643. The Hall–Kier alpha value is -0.970. The van der Waals surface area contributed by atoms with Crippen LogP contribution in [-0.4, -0.2) is 33.0 Å². The Morgan fingerprint density at radius 3 is 2.71 bits per heavy atom. The molecule has 4 heteroatoms. The second-order valence-electron chi connectivity index (χ2n) is 3.23. The molecule has 0 aliphatic heterocycles. The number of aliphatic hydroxyl groups is 3. The number of aromatic nitrogens is 1. The van der Waals surface area contributed by atoms with Gasteiger partial charge in [-0.1, -0.05) is 6.07 Å². The van der Waals surface area contributed by atoms with Crippen LogP contribution in [0.2, 0.25) is 0 Å². The molecule has 0 saturated heterocycles. The average Bonchev–Trinajstić information content (AvgIpc) is 2.18. The number of pyridine rings is 1. The Bertz CT molecular complexity index is 290. The van der Waals surface area contributed by atoms with Crippen LogP contribution >= 0.6 is 0 Å². The average molecular weight is 197 g/mol. The Labute approximate surface area is 82.9 Å². The van der Waals surface area contributed by atoms with Gasteiger partial charge in [-0.15, -0.1) is 0 Å². The van der Waals surface area contributed by atoms with Crippen molar-refractivity contribution in [2.75, 3.05) is 6.61 Å². The van der Waals surface area contributed by atoms with Gasteiger partial charge in [-0.25, -0.2) is 0 Å². The van der Waals surface area contributed by atoms with Crippen LogP contribution in [0.15, 0.2) is 18.3 Å². The Morgan fingerprint density at radius 2 is 2.14 bits per heavy atom. The van der Waals surface area contributed by atoms with E-state index >= 15 is 0 Å². The maximum Gasteiger partial charge on any atom is 0.122 e. The van der Waals surface area contributed by atoms with Crippen molar-refractivity contribution < 1.29 is 15.3 Å². The summed E-state index contributed by atoms with van der Waals surface area (Å²) in [5, 5.41) is 27.7. The Kier molecular flexibility index (Phi) is 4.00. The van der Waals surface area contributed by atoms with Gasteiger partial charge in [-0.2, -0.15) is 0 Å². The van der Waals surface area contributed by atoms with Gasteiger partial charge in [-0.3, -0.25) is 4.98 Å². The van der Waals surface area contributed by atoms with E-state index in [1.54, 1.807) is 12.3 Å². The first-order valence-corrected chi connectivity index (χ1v) is 4.55. The second kappa shape index (κ2) is 5.05. The van der Waals surface area contributed by atoms with E-state index in [4.69, 9.17) is 5.11 Å². The van der Waals surface area contributed by atoms with Crippen molar-refractivity contribution in [3.05, 3.63) is 29.6 Å². The highest BCUT2D eigenvalue weighted by atomic mass is 16.3. The number of rotatable bonds is 4. The molecule has 78 valence electrons. The van der Waals surface area contributed by atoms with Gasteiger partial charge in [0.25, 0.3) is 0 Å². The number of aryl methyl sites for hydroxylation is 1. The normalized spacial score (nSPS) is 15.1. The monoisotopic (exact) mass is 197 g/mol. The van der Waals surface area contributed by atoms with E-state index < -0.39 is 12.2 Å². The van der Waals surface area contributed by atoms with Gasteiger partial charge in [-0.05, 0) is 25.0 Å². The molecule has 0 amide bonds. The number of hydrogen-bond acceptors (Lipinski definition) is 4. The molecule has 1 aromatic heterocycles. The summed E-state index contributed by atoms with van der Waals surface area (Å²) in [5.41, 5.74) is 1.30. The summed E-state index contributed by atoms with van der Waals surface area (Å²) in [5.74, 6) is 0. The molecule has 4 nitrogen and oxygen atoms in total. The summed E-state index contributed by atoms with van der Waals surface area (Å²) >= 11 is 0. The van der Waals surface area contributed by atoms with Crippen LogP contribution in [-0.2, 0) is 0 Å². The molecule has 0 saturated carbocycles. The molecule has 0 radical (unpaired) electrons. The lowest BCUT2D eigenvalue weighted by atomic mass is 10.0. The molecule has 2 atom stereocenters. The van der Waals surface area contributed by atoms with E-state index in [2.05, 4.69) is 4.98 Å². The van der Waals surface area contributed by atoms with Crippen LogP contribution in [0.1, 0.15) is 23.8 Å². The molecule has 0 aliphatic rings. The first kappa shape index (κ1) is 11.1. The van der Waals surface area contributed by atoms with E-state index in [0.29, 0.717) is 5.69 Å². The van der Waals surface area contributed by atoms with Gasteiger partial charge in [0.2, 0.25) is 0 Å². The Balaban J connectivity index is 2.78. The van der Waals surface area contributed by atoms with E-state index in [0.717, 1.165) is 5.56 Å².